The number of hydrogen-bond acceptors (Lipinski definition) is 4. The van der Waals surface area contributed by atoms with Gasteiger partial charge in [-0.05, 0) is 19.9 Å². The highest BCUT2D eigenvalue weighted by Gasteiger charge is 2.30. The molecule has 1 fully saturated rings. The number of aromatic nitrogens is 2. The van der Waals surface area contributed by atoms with Crippen molar-refractivity contribution in [2.45, 2.75) is 26.4 Å². The van der Waals surface area contributed by atoms with Crippen molar-refractivity contribution in [2.24, 2.45) is 0 Å². The zero-order valence-corrected chi connectivity index (χ0v) is 16.7. The molecular formula is C18H24Cl2N4O2. The second-order valence-electron chi connectivity index (χ2n) is 6.19. The molecule has 0 radical (unpaired) electrons. The number of amides is 1. The van der Waals surface area contributed by atoms with Gasteiger partial charge in [0.15, 0.2) is 0 Å². The molecule has 1 aromatic heterocycles. The molecule has 8 heteroatoms. The lowest BCUT2D eigenvalue weighted by atomic mass is 10.0. The maximum absolute atomic E-state index is 13.0. The maximum Gasteiger partial charge on any atom is 0.244 e. The smallest absolute Gasteiger partial charge is 0.244 e. The van der Waals surface area contributed by atoms with Crippen molar-refractivity contribution in [3.8, 4) is 5.75 Å². The van der Waals surface area contributed by atoms with Crippen LogP contribution in [0.5, 0.6) is 5.75 Å². The van der Waals surface area contributed by atoms with E-state index in [2.05, 4.69) is 10.4 Å². The fourth-order valence-electron chi connectivity index (χ4n) is 3.27. The largest absolute Gasteiger partial charge is 0.496 e. The number of nitrogens with zero attached hydrogens (tertiary/aromatic N) is 3. The maximum atomic E-state index is 13.0. The Hall–Kier alpha value is -1.76. The number of carbonyl (C=O) groups is 1. The van der Waals surface area contributed by atoms with Gasteiger partial charge in [-0.25, -0.2) is 0 Å². The minimum atomic E-state index is -0.0650. The molecule has 1 unspecified atom stereocenters. The van der Waals surface area contributed by atoms with Crippen LogP contribution in [0.2, 0.25) is 5.02 Å². The van der Waals surface area contributed by atoms with E-state index >= 15 is 0 Å². The number of carbonyl (C=O) groups excluding carboxylic acids is 1. The quantitative estimate of drug-likeness (QED) is 0.859. The van der Waals surface area contributed by atoms with Crippen molar-refractivity contribution in [2.75, 3.05) is 26.7 Å². The highest BCUT2D eigenvalue weighted by molar-refractivity contribution is 6.31. The molecule has 26 heavy (non-hydrogen) atoms. The first kappa shape index (κ1) is 20.6. The fraction of sp³-hybridized carbons (Fsp3) is 0.444. The number of piperazine rings is 1. The molecule has 1 amide bonds. The number of methoxy groups -OCH3 is 1. The first-order chi connectivity index (χ1) is 12.0. The number of halogens is 2. The number of nitrogens with one attached hydrogen (secondary N) is 1. The summed E-state index contributed by atoms with van der Waals surface area (Å²) in [5, 5.41) is 8.36. The summed E-state index contributed by atoms with van der Waals surface area (Å²) in [7, 11) is 1.65. The van der Waals surface area contributed by atoms with Crippen LogP contribution in [0.3, 0.4) is 0 Å². The van der Waals surface area contributed by atoms with Crippen molar-refractivity contribution in [3.05, 3.63) is 46.2 Å². The predicted molar refractivity (Wildman–Crippen MR) is 104 cm³/mol. The fourth-order valence-corrected chi connectivity index (χ4v) is 3.41. The zero-order valence-electron chi connectivity index (χ0n) is 15.2. The minimum absolute atomic E-state index is 0. The molecule has 0 aliphatic carbocycles. The van der Waals surface area contributed by atoms with Gasteiger partial charge in [0.05, 0.1) is 29.6 Å². The third kappa shape index (κ3) is 3.98. The summed E-state index contributed by atoms with van der Waals surface area (Å²) < 4.78 is 7.16. The van der Waals surface area contributed by atoms with Crippen LogP contribution in [0.4, 0.5) is 0 Å². The topological polar surface area (TPSA) is 59.4 Å². The summed E-state index contributed by atoms with van der Waals surface area (Å²) >= 11 is 6.20. The molecule has 1 N–H and O–H groups in total. The third-order valence-electron chi connectivity index (χ3n) is 4.64. The van der Waals surface area contributed by atoms with Crippen LogP contribution in [-0.4, -0.2) is 47.3 Å². The molecule has 6 nitrogen and oxygen atoms in total. The molecule has 2 heterocycles. The molecule has 142 valence electrons. The van der Waals surface area contributed by atoms with Crippen LogP contribution < -0.4 is 10.1 Å². The lowest BCUT2D eigenvalue weighted by molar-refractivity contribution is -0.135. The van der Waals surface area contributed by atoms with Crippen molar-refractivity contribution in [1.82, 2.24) is 20.0 Å². The lowest BCUT2D eigenvalue weighted by Gasteiger charge is -2.37. The highest BCUT2D eigenvalue weighted by Crippen LogP contribution is 2.30. The molecule has 1 saturated heterocycles. The van der Waals surface area contributed by atoms with Gasteiger partial charge in [-0.15, -0.1) is 12.4 Å². The van der Waals surface area contributed by atoms with E-state index in [1.165, 1.54) is 0 Å². The standard InChI is InChI=1S/C18H23ClN4O2.ClH/c1-12-18(19)13(2)23(21-12)11-17(24)22-9-8-20-10-15(22)14-6-4-5-7-16(14)25-3;/h4-7,15,20H,8-11H2,1-3H3;1H. The van der Waals surface area contributed by atoms with Crippen LogP contribution in [0, 0.1) is 13.8 Å². The van der Waals surface area contributed by atoms with Crippen molar-refractivity contribution in [1.29, 1.82) is 0 Å². The van der Waals surface area contributed by atoms with E-state index in [1.807, 2.05) is 43.0 Å². The third-order valence-corrected chi connectivity index (χ3v) is 5.19. The lowest BCUT2D eigenvalue weighted by Crippen LogP contribution is -2.49. The number of hydrogen-bond donors (Lipinski definition) is 1. The van der Waals surface area contributed by atoms with Crippen molar-refractivity contribution in [3.63, 3.8) is 0 Å². The molecule has 0 saturated carbocycles. The van der Waals surface area contributed by atoms with E-state index in [1.54, 1.807) is 11.8 Å². The molecule has 2 aromatic rings. The van der Waals surface area contributed by atoms with Gasteiger partial charge in [0, 0.05) is 25.2 Å². The summed E-state index contributed by atoms with van der Waals surface area (Å²) in [5.41, 5.74) is 2.57. The summed E-state index contributed by atoms with van der Waals surface area (Å²) in [6.45, 7) is 6.03. The average Bonchev–Trinajstić information content (AvgIpc) is 2.88. The molecule has 0 bridgehead atoms. The Morgan fingerprint density at radius 3 is 2.77 bits per heavy atom. The van der Waals surface area contributed by atoms with Gasteiger partial charge in [-0.2, -0.15) is 5.10 Å². The zero-order chi connectivity index (χ0) is 18.0. The Labute approximate surface area is 164 Å². The first-order valence-corrected chi connectivity index (χ1v) is 8.73. The van der Waals surface area contributed by atoms with E-state index in [9.17, 15) is 4.79 Å². The molecular weight excluding hydrogens is 375 g/mol. The Bertz CT molecular complexity index is 779. The van der Waals surface area contributed by atoms with E-state index in [4.69, 9.17) is 16.3 Å². The molecule has 1 aliphatic rings. The second-order valence-corrected chi connectivity index (χ2v) is 6.57. The summed E-state index contributed by atoms with van der Waals surface area (Å²) in [4.78, 5) is 14.9. The average molecular weight is 399 g/mol. The second kappa shape index (κ2) is 8.75. The Kier molecular flexibility index (Phi) is 6.92. The minimum Gasteiger partial charge on any atom is -0.496 e. The number of aryl methyl sites for hydroxylation is 1. The van der Waals surface area contributed by atoms with Gasteiger partial charge in [-0.1, -0.05) is 29.8 Å². The SMILES string of the molecule is COc1ccccc1C1CNCCN1C(=O)Cn1nc(C)c(Cl)c1C.Cl. The van der Waals surface area contributed by atoms with Crippen molar-refractivity contribution < 1.29 is 9.53 Å². The Balaban J connectivity index is 0.00000243. The van der Waals surface area contributed by atoms with Gasteiger partial charge < -0.3 is 15.0 Å². The van der Waals surface area contributed by atoms with Gasteiger partial charge in [0.25, 0.3) is 0 Å². The summed E-state index contributed by atoms with van der Waals surface area (Å²) in [5.74, 6) is 0.822. The van der Waals surface area contributed by atoms with E-state index in [-0.39, 0.29) is 30.9 Å². The van der Waals surface area contributed by atoms with Gasteiger partial charge in [-0.3, -0.25) is 9.48 Å². The van der Waals surface area contributed by atoms with Gasteiger partial charge >= 0.3 is 0 Å². The first-order valence-electron chi connectivity index (χ1n) is 8.35. The molecule has 1 atom stereocenters. The molecule has 3 rings (SSSR count). The Morgan fingerprint density at radius 2 is 2.12 bits per heavy atom. The number of para-hydroxylation sites is 1. The van der Waals surface area contributed by atoms with Crippen LogP contribution >= 0.6 is 24.0 Å². The molecule has 1 aromatic carbocycles. The molecule has 1 aliphatic heterocycles. The number of ether oxygens (including phenoxy) is 1. The van der Waals surface area contributed by atoms with Gasteiger partial charge in [0.1, 0.15) is 12.3 Å². The molecule has 0 spiro atoms. The highest BCUT2D eigenvalue weighted by atomic mass is 35.5. The van der Waals surface area contributed by atoms with Crippen LogP contribution in [0.25, 0.3) is 0 Å². The number of benzene rings is 1. The normalized spacial score (nSPS) is 16.9. The summed E-state index contributed by atoms with van der Waals surface area (Å²) in [6.07, 6.45) is 0. The van der Waals surface area contributed by atoms with E-state index in [0.29, 0.717) is 18.1 Å². The van der Waals surface area contributed by atoms with Crippen molar-refractivity contribution >= 4 is 29.9 Å². The summed E-state index contributed by atoms with van der Waals surface area (Å²) in [6, 6.07) is 7.77. The van der Waals surface area contributed by atoms with Crippen LogP contribution in [-0.2, 0) is 11.3 Å². The predicted octanol–water partition coefficient (Wildman–Crippen LogP) is 2.76. The monoisotopic (exact) mass is 398 g/mol. The van der Waals surface area contributed by atoms with Crippen LogP contribution in [0.1, 0.15) is 23.0 Å². The van der Waals surface area contributed by atoms with E-state index < -0.39 is 0 Å². The van der Waals surface area contributed by atoms with Crippen LogP contribution in [0.15, 0.2) is 24.3 Å². The van der Waals surface area contributed by atoms with E-state index in [0.717, 1.165) is 29.2 Å². The Morgan fingerprint density at radius 1 is 1.38 bits per heavy atom. The number of rotatable bonds is 4. The van der Waals surface area contributed by atoms with Gasteiger partial charge in [0.2, 0.25) is 5.91 Å².